The van der Waals surface area contributed by atoms with Crippen molar-refractivity contribution in [2.24, 2.45) is 0 Å². The van der Waals surface area contributed by atoms with E-state index in [2.05, 4.69) is 4.90 Å². The maximum Gasteiger partial charge on any atom is 0.509 e. The van der Waals surface area contributed by atoms with Crippen LogP contribution in [0.1, 0.15) is 63.3 Å². The highest BCUT2D eigenvalue weighted by Gasteiger charge is 2.72. The number of carbonyl (C=O) groups is 3. The maximum absolute atomic E-state index is 13.9. The van der Waals surface area contributed by atoms with Crippen LogP contribution in [0.25, 0.3) is 0 Å². The van der Waals surface area contributed by atoms with Gasteiger partial charge < -0.3 is 38.4 Å². The van der Waals surface area contributed by atoms with Crippen LogP contribution in [0.4, 0.5) is 4.79 Å². The van der Waals surface area contributed by atoms with Gasteiger partial charge in [0.15, 0.2) is 23.7 Å². The summed E-state index contributed by atoms with van der Waals surface area (Å²) < 4.78 is 34.1. The van der Waals surface area contributed by atoms with Crippen LogP contribution in [0.5, 0.6) is 11.5 Å². The molecule has 45 heavy (non-hydrogen) atoms. The lowest BCUT2D eigenvalue weighted by atomic mass is 9.50. The number of nitrogens with zero attached hydrogens (tertiary/aromatic N) is 1. The Hall–Kier alpha value is -4.09. The SMILES string of the molecule is COc1ccc2c3c1O[C@H]1C(OC(=O)[C@@H](OC(=O)[C@H](C)OC(=O)OC(C)(C)C)c4ccccc4)=CC[C@@]4(O)[C@@H](C2)N(C)CC[C@]314. The van der Waals surface area contributed by atoms with Gasteiger partial charge >= 0.3 is 18.1 Å². The van der Waals surface area contributed by atoms with E-state index in [4.69, 9.17) is 28.4 Å². The van der Waals surface area contributed by atoms with Gasteiger partial charge in [0.1, 0.15) is 11.4 Å². The molecule has 0 aromatic heterocycles. The third kappa shape index (κ3) is 5.02. The number of piperidine rings is 1. The van der Waals surface area contributed by atoms with Crippen molar-refractivity contribution in [3.8, 4) is 11.5 Å². The third-order valence-corrected chi connectivity index (χ3v) is 9.32. The van der Waals surface area contributed by atoms with Gasteiger partial charge in [0.25, 0.3) is 0 Å². The molecule has 11 heteroatoms. The topological polar surface area (TPSA) is 130 Å². The monoisotopic (exact) mass is 621 g/mol. The number of likely N-dealkylation sites (N-methyl/N-ethyl adjacent to an activating group) is 1. The van der Waals surface area contributed by atoms with Crippen LogP contribution in [0.3, 0.4) is 0 Å². The fourth-order valence-corrected chi connectivity index (χ4v) is 7.32. The van der Waals surface area contributed by atoms with E-state index in [9.17, 15) is 19.5 Å². The number of hydrogen-bond donors (Lipinski definition) is 1. The number of rotatable bonds is 7. The highest BCUT2D eigenvalue weighted by atomic mass is 16.7. The summed E-state index contributed by atoms with van der Waals surface area (Å²) in [7, 11) is 3.58. The maximum atomic E-state index is 13.9. The third-order valence-electron chi connectivity index (χ3n) is 9.32. The van der Waals surface area contributed by atoms with E-state index in [0.29, 0.717) is 36.4 Å². The second kappa shape index (κ2) is 11.1. The zero-order valence-corrected chi connectivity index (χ0v) is 26.3. The average Bonchev–Trinajstić information content (AvgIpc) is 3.34. The van der Waals surface area contributed by atoms with Crippen molar-refractivity contribution in [1.29, 1.82) is 0 Å². The van der Waals surface area contributed by atoms with Crippen LogP contribution in [-0.4, -0.2) is 78.3 Å². The zero-order valence-electron chi connectivity index (χ0n) is 26.3. The minimum Gasteiger partial charge on any atom is -0.493 e. The average molecular weight is 622 g/mol. The van der Waals surface area contributed by atoms with Crippen molar-refractivity contribution in [2.75, 3.05) is 20.7 Å². The number of likely N-dealkylation sites (tertiary alicyclic amines) is 1. The molecular formula is C34H39NO10. The van der Waals surface area contributed by atoms with E-state index in [1.165, 1.54) is 6.92 Å². The van der Waals surface area contributed by atoms with Crippen molar-refractivity contribution in [2.45, 2.75) is 87.9 Å². The molecule has 1 spiro atoms. The van der Waals surface area contributed by atoms with Gasteiger partial charge in [-0.2, -0.15) is 0 Å². The van der Waals surface area contributed by atoms with E-state index in [1.807, 2.05) is 19.2 Å². The summed E-state index contributed by atoms with van der Waals surface area (Å²) in [5, 5.41) is 12.4. The Bertz CT molecular complexity index is 1550. The molecule has 1 N–H and O–H groups in total. The van der Waals surface area contributed by atoms with Crippen LogP contribution in [0.2, 0.25) is 0 Å². The molecule has 0 amide bonds. The molecule has 2 aliphatic heterocycles. The molecule has 0 radical (unpaired) electrons. The summed E-state index contributed by atoms with van der Waals surface area (Å²) in [6, 6.07) is 12.2. The fraction of sp³-hybridized carbons (Fsp3) is 0.500. The van der Waals surface area contributed by atoms with Gasteiger partial charge in [-0.25, -0.2) is 14.4 Å². The molecule has 240 valence electrons. The van der Waals surface area contributed by atoms with Crippen molar-refractivity contribution in [3.05, 3.63) is 71.0 Å². The van der Waals surface area contributed by atoms with Gasteiger partial charge in [-0.3, -0.25) is 0 Å². The number of hydrogen-bond acceptors (Lipinski definition) is 11. The highest BCUT2D eigenvalue weighted by molar-refractivity contribution is 5.84. The molecule has 11 nitrogen and oxygen atoms in total. The normalized spacial score (nSPS) is 27.6. The van der Waals surface area contributed by atoms with E-state index in [1.54, 1.807) is 64.3 Å². The first-order valence-electron chi connectivity index (χ1n) is 15.2. The quantitative estimate of drug-likeness (QED) is 0.354. The lowest BCUT2D eigenvalue weighted by Gasteiger charge is -2.61. The van der Waals surface area contributed by atoms with Crippen LogP contribution in [0, 0.1) is 0 Å². The first kappa shape index (κ1) is 30.9. The second-order valence-electron chi connectivity index (χ2n) is 13.2. The van der Waals surface area contributed by atoms with Crippen LogP contribution in [0.15, 0.2) is 54.3 Å². The van der Waals surface area contributed by atoms with E-state index in [-0.39, 0.29) is 18.2 Å². The van der Waals surface area contributed by atoms with Crippen LogP contribution < -0.4 is 9.47 Å². The summed E-state index contributed by atoms with van der Waals surface area (Å²) in [4.78, 5) is 41.3. The summed E-state index contributed by atoms with van der Waals surface area (Å²) >= 11 is 0. The highest BCUT2D eigenvalue weighted by Crippen LogP contribution is 2.65. The molecule has 1 saturated heterocycles. The van der Waals surface area contributed by atoms with Gasteiger partial charge in [0.2, 0.25) is 6.10 Å². The van der Waals surface area contributed by atoms with Gasteiger partial charge in [0.05, 0.1) is 18.1 Å². The van der Waals surface area contributed by atoms with E-state index in [0.717, 1.165) is 11.1 Å². The molecule has 2 bridgehead atoms. The Labute approximate surface area is 262 Å². The van der Waals surface area contributed by atoms with Crippen molar-refractivity contribution >= 4 is 18.1 Å². The summed E-state index contributed by atoms with van der Waals surface area (Å²) in [6.45, 7) is 7.05. The number of esters is 2. The zero-order chi connectivity index (χ0) is 32.3. The lowest BCUT2D eigenvalue weighted by Crippen LogP contribution is -2.74. The first-order chi connectivity index (χ1) is 21.3. The number of ether oxygens (including phenoxy) is 6. The van der Waals surface area contributed by atoms with Crippen molar-refractivity contribution in [1.82, 2.24) is 4.90 Å². The van der Waals surface area contributed by atoms with Gasteiger partial charge in [-0.15, -0.1) is 0 Å². The van der Waals surface area contributed by atoms with Crippen molar-refractivity contribution < 1.29 is 47.9 Å². The molecule has 4 aliphatic rings. The predicted octanol–water partition coefficient (Wildman–Crippen LogP) is 4.14. The molecule has 2 aliphatic carbocycles. The Kier molecular flexibility index (Phi) is 7.60. The summed E-state index contributed by atoms with van der Waals surface area (Å²) in [5.74, 6) is -0.503. The second-order valence-corrected chi connectivity index (χ2v) is 13.2. The van der Waals surface area contributed by atoms with Crippen LogP contribution in [-0.2, 0) is 40.4 Å². The number of methoxy groups -OCH3 is 1. The minimum absolute atomic E-state index is 0.165. The van der Waals surface area contributed by atoms with Gasteiger partial charge in [-0.05, 0) is 71.8 Å². The molecule has 2 aromatic rings. The molecule has 0 unspecified atom stereocenters. The minimum atomic E-state index is -1.48. The smallest absolute Gasteiger partial charge is 0.493 e. The van der Waals surface area contributed by atoms with E-state index >= 15 is 0 Å². The van der Waals surface area contributed by atoms with E-state index < -0.39 is 53.0 Å². The molecule has 6 rings (SSSR count). The molecule has 1 fully saturated rings. The Morgan fingerprint density at radius 1 is 1.07 bits per heavy atom. The molecule has 6 atom stereocenters. The molecular weight excluding hydrogens is 582 g/mol. The van der Waals surface area contributed by atoms with Gasteiger partial charge in [0, 0.05) is 23.6 Å². The number of benzene rings is 2. The Balaban J connectivity index is 1.30. The van der Waals surface area contributed by atoms with Gasteiger partial charge in [-0.1, -0.05) is 36.4 Å². The summed E-state index contributed by atoms with van der Waals surface area (Å²) in [6.07, 6.45) is -1.54. The lowest BCUT2D eigenvalue weighted by molar-refractivity contribution is -0.179. The Morgan fingerprint density at radius 2 is 1.80 bits per heavy atom. The number of carbonyl (C=O) groups excluding carboxylic acids is 3. The fourth-order valence-electron chi connectivity index (χ4n) is 7.32. The van der Waals surface area contributed by atoms with Crippen molar-refractivity contribution in [3.63, 3.8) is 0 Å². The number of aliphatic hydroxyl groups is 1. The largest absolute Gasteiger partial charge is 0.509 e. The summed E-state index contributed by atoms with van der Waals surface area (Å²) in [5.41, 5.74) is -0.541. The predicted molar refractivity (Wildman–Crippen MR) is 160 cm³/mol. The van der Waals surface area contributed by atoms with Crippen LogP contribution >= 0.6 is 0 Å². The molecule has 0 saturated carbocycles. The molecule has 2 aromatic carbocycles. The standard InChI is InChI=1S/C34H39NO10/c1-19(41-31(38)45-32(2,3)4)29(36)44-26(20-10-8-7-9-11-20)30(37)42-23-14-15-34(39)24-18-21-12-13-22(40-6)27-25(21)33(34,28(23)43-27)16-17-35(24)5/h7-14,19,24,26,28,39H,15-18H2,1-6H3/t19-,24+,26-,28-,33-,34+/m0/s1. The Morgan fingerprint density at radius 3 is 2.49 bits per heavy atom. The first-order valence-corrected chi connectivity index (χ1v) is 15.2. The molecule has 2 heterocycles.